The Bertz CT molecular complexity index is 632. The quantitative estimate of drug-likeness (QED) is 0.724. The average molecular weight is 255 g/mol. The molecule has 0 fully saturated rings. The SMILES string of the molecule is [C-]#[N+]C1=C[C@]2(C)c3n[nH]cc3CC[C@H]2C(C)(C)C1=O. The van der Waals surface area contributed by atoms with Crippen molar-refractivity contribution in [3.8, 4) is 0 Å². The molecule has 2 aliphatic carbocycles. The van der Waals surface area contributed by atoms with Crippen LogP contribution in [0.25, 0.3) is 4.85 Å². The summed E-state index contributed by atoms with van der Waals surface area (Å²) >= 11 is 0. The van der Waals surface area contributed by atoms with Crippen LogP contribution in [0, 0.1) is 17.9 Å². The van der Waals surface area contributed by atoms with Crippen molar-refractivity contribution >= 4 is 5.78 Å². The molecule has 1 aromatic heterocycles. The molecule has 4 heteroatoms. The highest BCUT2D eigenvalue weighted by Gasteiger charge is 2.54. The number of hydrogen-bond donors (Lipinski definition) is 1. The minimum absolute atomic E-state index is 0.0241. The first-order valence-electron chi connectivity index (χ1n) is 6.59. The monoisotopic (exact) mass is 255 g/mol. The number of rotatable bonds is 0. The fourth-order valence-corrected chi connectivity index (χ4v) is 3.94. The number of hydrogen-bond acceptors (Lipinski definition) is 2. The Morgan fingerprint density at radius 2 is 2.21 bits per heavy atom. The second-order valence-corrected chi connectivity index (χ2v) is 6.33. The van der Waals surface area contributed by atoms with Gasteiger partial charge in [0, 0.05) is 17.0 Å². The third-order valence-corrected chi connectivity index (χ3v) is 4.90. The van der Waals surface area contributed by atoms with Gasteiger partial charge in [-0.15, -0.1) is 0 Å². The van der Waals surface area contributed by atoms with Gasteiger partial charge in [-0.05, 0) is 24.3 Å². The second kappa shape index (κ2) is 3.57. The lowest BCUT2D eigenvalue weighted by Gasteiger charge is -2.49. The van der Waals surface area contributed by atoms with Crippen LogP contribution in [0.2, 0.25) is 0 Å². The van der Waals surface area contributed by atoms with E-state index in [0.29, 0.717) is 0 Å². The van der Waals surface area contributed by atoms with E-state index in [0.717, 1.165) is 18.5 Å². The molecule has 0 spiro atoms. The minimum Gasteiger partial charge on any atom is -0.307 e. The van der Waals surface area contributed by atoms with Gasteiger partial charge in [0.05, 0.1) is 12.3 Å². The summed E-state index contributed by atoms with van der Waals surface area (Å²) in [5.41, 5.74) is 1.67. The van der Waals surface area contributed by atoms with Crippen LogP contribution in [0.5, 0.6) is 0 Å². The Labute approximate surface area is 112 Å². The molecule has 0 amide bonds. The molecule has 4 nitrogen and oxygen atoms in total. The van der Waals surface area contributed by atoms with Gasteiger partial charge in [-0.1, -0.05) is 26.8 Å². The number of carbonyl (C=O) groups is 1. The fraction of sp³-hybridized carbons (Fsp3) is 0.533. The molecule has 1 heterocycles. The Hall–Kier alpha value is -1.89. The number of aryl methyl sites for hydroxylation is 1. The van der Waals surface area contributed by atoms with E-state index in [4.69, 9.17) is 6.57 Å². The zero-order valence-corrected chi connectivity index (χ0v) is 11.4. The molecule has 2 aliphatic rings. The summed E-state index contributed by atoms with van der Waals surface area (Å²) in [4.78, 5) is 15.9. The molecule has 0 aromatic carbocycles. The molecule has 0 bridgehead atoms. The maximum atomic E-state index is 12.4. The number of ketones is 1. The van der Waals surface area contributed by atoms with E-state index in [2.05, 4.69) is 22.0 Å². The highest BCUT2D eigenvalue weighted by Crippen LogP contribution is 2.54. The molecule has 0 saturated heterocycles. The third-order valence-electron chi connectivity index (χ3n) is 4.90. The van der Waals surface area contributed by atoms with Gasteiger partial charge in [0.1, 0.15) is 0 Å². The van der Waals surface area contributed by atoms with E-state index in [-0.39, 0.29) is 22.8 Å². The number of aromatic nitrogens is 2. The summed E-state index contributed by atoms with van der Waals surface area (Å²) in [6, 6.07) is 0. The second-order valence-electron chi connectivity index (χ2n) is 6.33. The van der Waals surface area contributed by atoms with Crippen molar-refractivity contribution in [3.05, 3.63) is 40.6 Å². The van der Waals surface area contributed by atoms with Crippen LogP contribution in [-0.2, 0) is 16.6 Å². The summed E-state index contributed by atoms with van der Waals surface area (Å²) in [6.07, 6.45) is 5.69. The molecular formula is C15H17N3O. The number of allylic oxidation sites excluding steroid dienone is 2. The smallest absolute Gasteiger partial charge is 0.226 e. The Morgan fingerprint density at radius 1 is 1.47 bits per heavy atom. The van der Waals surface area contributed by atoms with Crippen LogP contribution >= 0.6 is 0 Å². The standard InChI is InChI=1S/C15H17N3O/c1-14(2)11-6-5-9-8-17-18-12(9)15(11,3)7-10(16-4)13(14)19/h7-8,11H,5-6H2,1-3H3,(H,17,18)/t11-,15-/m0/s1. The van der Waals surface area contributed by atoms with Crippen LogP contribution < -0.4 is 0 Å². The van der Waals surface area contributed by atoms with Crippen molar-refractivity contribution in [2.24, 2.45) is 11.3 Å². The lowest BCUT2D eigenvalue weighted by Crippen LogP contribution is -2.50. The first-order valence-corrected chi connectivity index (χ1v) is 6.59. The zero-order chi connectivity index (χ0) is 13.8. The number of fused-ring (bicyclic) bond motifs is 3. The third kappa shape index (κ3) is 1.39. The highest BCUT2D eigenvalue weighted by atomic mass is 16.1. The molecule has 0 unspecified atom stereocenters. The number of carbonyl (C=O) groups excluding carboxylic acids is 1. The van der Waals surface area contributed by atoms with Gasteiger partial charge in [-0.2, -0.15) is 5.10 Å². The van der Waals surface area contributed by atoms with E-state index in [1.165, 1.54) is 5.56 Å². The first kappa shape index (κ1) is 12.2. The molecule has 0 aliphatic heterocycles. The van der Waals surface area contributed by atoms with Crippen LogP contribution in [0.15, 0.2) is 18.0 Å². The topological polar surface area (TPSA) is 50.1 Å². The number of nitrogens with zero attached hydrogens (tertiary/aromatic N) is 2. The van der Waals surface area contributed by atoms with E-state index in [1.54, 1.807) is 0 Å². The predicted molar refractivity (Wildman–Crippen MR) is 71.2 cm³/mol. The van der Waals surface area contributed by atoms with Gasteiger partial charge in [0.15, 0.2) is 5.78 Å². The lowest BCUT2D eigenvalue weighted by atomic mass is 9.53. The van der Waals surface area contributed by atoms with E-state index >= 15 is 0 Å². The van der Waals surface area contributed by atoms with Crippen LogP contribution in [0.3, 0.4) is 0 Å². The summed E-state index contributed by atoms with van der Waals surface area (Å²) in [6.45, 7) is 13.3. The van der Waals surface area contributed by atoms with Crippen molar-refractivity contribution < 1.29 is 4.79 Å². The van der Waals surface area contributed by atoms with E-state index in [9.17, 15) is 4.79 Å². The van der Waals surface area contributed by atoms with Crippen molar-refractivity contribution in [3.63, 3.8) is 0 Å². The first-order chi connectivity index (χ1) is 8.91. The maximum Gasteiger partial charge on any atom is 0.226 e. The van der Waals surface area contributed by atoms with Crippen LogP contribution in [0.1, 0.15) is 38.4 Å². The van der Waals surface area contributed by atoms with Crippen LogP contribution in [0.4, 0.5) is 0 Å². The Morgan fingerprint density at radius 3 is 2.89 bits per heavy atom. The molecule has 0 radical (unpaired) electrons. The number of nitrogens with one attached hydrogen (secondary N) is 1. The van der Waals surface area contributed by atoms with Crippen LogP contribution in [-0.4, -0.2) is 16.0 Å². The predicted octanol–water partition coefficient (Wildman–Crippen LogP) is 2.64. The van der Waals surface area contributed by atoms with Crippen molar-refractivity contribution in [2.45, 2.75) is 39.0 Å². The highest BCUT2D eigenvalue weighted by molar-refractivity contribution is 6.02. The molecule has 19 heavy (non-hydrogen) atoms. The zero-order valence-electron chi connectivity index (χ0n) is 11.4. The summed E-state index contributed by atoms with van der Waals surface area (Å²) in [5, 5.41) is 7.32. The summed E-state index contributed by atoms with van der Waals surface area (Å²) in [7, 11) is 0. The molecular weight excluding hydrogens is 238 g/mol. The molecule has 1 N–H and O–H groups in total. The van der Waals surface area contributed by atoms with Crippen molar-refractivity contribution in [2.75, 3.05) is 0 Å². The van der Waals surface area contributed by atoms with Gasteiger partial charge < -0.3 is 4.79 Å². The molecule has 98 valence electrons. The number of H-pyrrole nitrogens is 1. The average Bonchev–Trinajstić information content (AvgIpc) is 2.83. The normalized spacial score (nSPS) is 32.0. The summed E-state index contributed by atoms with van der Waals surface area (Å²) in [5.74, 6) is 0.178. The van der Waals surface area contributed by atoms with Crippen molar-refractivity contribution in [1.82, 2.24) is 10.2 Å². The molecule has 1 aromatic rings. The van der Waals surface area contributed by atoms with Gasteiger partial charge in [0.25, 0.3) is 0 Å². The lowest BCUT2D eigenvalue weighted by molar-refractivity contribution is -0.128. The number of Topliss-reactive ketones (excluding diaryl/α,β-unsaturated/α-hetero) is 1. The number of aromatic amines is 1. The van der Waals surface area contributed by atoms with Gasteiger partial charge in [-0.25, -0.2) is 4.85 Å². The molecule has 0 saturated carbocycles. The maximum absolute atomic E-state index is 12.4. The van der Waals surface area contributed by atoms with E-state index < -0.39 is 5.41 Å². The largest absolute Gasteiger partial charge is 0.307 e. The fourth-order valence-electron chi connectivity index (χ4n) is 3.94. The van der Waals surface area contributed by atoms with Gasteiger partial charge >= 0.3 is 0 Å². The molecule has 2 atom stereocenters. The molecule has 3 rings (SSSR count). The van der Waals surface area contributed by atoms with Crippen molar-refractivity contribution in [1.29, 1.82) is 0 Å². The minimum atomic E-state index is -0.500. The van der Waals surface area contributed by atoms with Gasteiger partial charge in [-0.3, -0.25) is 5.10 Å². The Kier molecular flexibility index (Phi) is 2.28. The Balaban J connectivity index is 2.27. The van der Waals surface area contributed by atoms with Gasteiger partial charge in [0.2, 0.25) is 5.70 Å². The summed E-state index contributed by atoms with van der Waals surface area (Å²) < 4.78 is 0. The van der Waals surface area contributed by atoms with E-state index in [1.807, 2.05) is 26.1 Å².